The summed E-state index contributed by atoms with van der Waals surface area (Å²) in [6.07, 6.45) is 0. The van der Waals surface area contributed by atoms with Crippen molar-refractivity contribution in [2.24, 2.45) is 11.5 Å². The Morgan fingerprint density at radius 1 is 0.654 bits per heavy atom. The van der Waals surface area contributed by atoms with Crippen molar-refractivity contribution >= 4 is 9.84 Å². The molecule has 0 aliphatic rings. The van der Waals surface area contributed by atoms with Crippen molar-refractivity contribution in [1.82, 2.24) is 0 Å². The third-order valence-corrected chi connectivity index (χ3v) is 6.26. The van der Waals surface area contributed by atoms with Gasteiger partial charge in [0.05, 0.1) is 9.79 Å². The molecule has 0 amide bonds. The minimum absolute atomic E-state index is 0.241. The Bertz CT molecular complexity index is 967. The number of hydrogen-bond acceptors (Lipinski definition) is 4. The Hall–Kier alpha value is -2.47. The first-order valence-electron chi connectivity index (χ1n) is 8.37. The second kappa shape index (κ2) is 7.41. The highest BCUT2D eigenvalue weighted by Crippen LogP contribution is 2.27. The molecule has 0 heterocycles. The number of benzene rings is 3. The normalized spacial score (nSPS) is 14.0. The average molecular weight is 366 g/mol. The van der Waals surface area contributed by atoms with Crippen molar-refractivity contribution in [3.63, 3.8) is 0 Å². The van der Waals surface area contributed by atoms with Crippen molar-refractivity contribution in [3.8, 4) is 0 Å². The summed E-state index contributed by atoms with van der Waals surface area (Å²) >= 11 is 0. The van der Waals surface area contributed by atoms with Crippen LogP contribution in [0.3, 0.4) is 0 Å². The number of hydrogen-bond donors (Lipinski definition) is 2. The van der Waals surface area contributed by atoms with Gasteiger partial charge >= 0.3 is 0 Å². The van der Waals surface area contributed by atoms with Crippen molar-refractivity contribution in [2.45, 2.75) is 28.8 Å². The van der Waals surface area contributed by atoms with E-state index in [1.165, 1.54) is 0 Å². The number of aryl methyl sites for hydroxylation is 1. The molecule has 4 N–H and O–H groups in total. The molecule has 3 rings (SSSR count). The largest absolute Gasteiger partial charge is 0.322 e. The van der Waals surface area contributed by atoms with E-state index in [0.29, 0.717) is 0 Å². The SMILES string of the molecule is Cc1ccc(S(=O)(=O)c2ccc([C@H](N)[C@@H](N)c3ccccc3)cc2)cc1. The van der Waals surface area contributed by atoms with Gasteiger partial charge in [0, 0.05) is 12.1 Å². The summed E-state index contributed by atoms with van der Waals surface area (Å²) in [6.45, 7) is 1.92. The third kappa shape index (κ3) is 3.70. The molecule has 0 aromatic heterocycles. The highest BCUT2D eigenvalue weighted by Gasteiger charge is 2.20. The predicted octanol–water partition coefficient (Wildman–Crippen LogP) is 3.53. The topological polar surface area (TPSA) is 86.2 Å². The van der Waals surface area contributed by atoms with E-state index in [-0.39, 0.29) is 15.8 Å². The molecule has 0 saturated heterocycles. The highest BCUT2D eigenvalue weighted by molar-refractivity contribution is 7.91. The smallest absolute Gasteiger partial charge is 0.206 e. The lowest BCUT2D eigenvalue weighted by Gasteiger charge is -2.21. The first-order chi connectivity index (χ1) is 12.4. The molecule has 3 aromatic carbocycles. The van der Waals surface area contributed by atoms with E-state index < -0.39 is 15.9 Å². The maximum absolute atomic E-state index is 12.7. The lowest BCUT2D eigenvalue weighted by atomic mass is 9.95. The van der Waals surface area contributed by atoms with Gasteiger partial charge in [-0.15, -0.1) is 0 Å². The first kappa shape index (κ1) is 18.3. The van der Waals surface area contributed by atoms with E-state index in [9.17, 15) is 8.42 Å². The van der Waals surface area contributed by atoms with Crippen LogP contribution < -0.4 is 11.5 Å². The predicted molar refractivity (Wildman–Crippen MR) is 103 cm³/mol. The van der Waals surface area contributed by atoms with Crippen molar-refractivity contribution in [1.29, 1.82) is 0 Å². The fourth-order valence-corrected chi connectivity index (χ4v) is 4.07. The Morgan fingerprint density at radius 3 is 1.58 bits per heavy atom. The van der Waals surface area contributed by atoms with Crippen molar-refractivity contribution in [2.75, 3.05) is 0 Å². The minimum atomic E-state index is -3.54. The zero-order chi connectivity index (χ0) is 18.7. The molecule has 134 valence electrons. The summed E-state index contributed by atoms with van der Waals surface area (Å²) in [5, 5.41) is 0. The molecule has 0 spiro atoms. The first-order valence-corrected chi connectivity index (χ1v) is 9.86. The zero-order valence-electron chi connectivity index (χ0n) is 14.5. The van der Waals surface area contributed by atoms with E-state index in [4.69, 9.17) is 11.5 Å². The molecule has 3 aromatic rings. The van der Waals surface area contributed by atoms with E-state index >= 15 is 0 Å². The molecular weight excluding hydrogens is 344 g/mol. The van der Waals surface area contributed by atoms with Gasteiger partial charge in [0.2, 0.25) is 9.84 Å². The Labute approximate surface area is 154 Å². The van der Waals surface area contributed by atoms with Crippen LogP contribution in [0.15, 0.2) is 88.7 Å². The summed E-state index contributed by atoms with van der Waals surface area (Å²) in [7, 11) is -3.54. The lowest BCUT2D eigenvalue weighted by molar-refractivity contribution is 0.573. The molecule has 0 unspecified atom stereocenters. The van der Waals surface area contributed by atoms with Gasteiger partial charge < -0.3 is 11.5 Å². The molecule has 0 fully saturated rings. The van der Waals surface area contributed by atoms with E-state index in [2.05, 4.69) is 0 Å². The zero-order valence-corrected chi connectivity index (χ0v) is 15.4. The highest BCUT2D eigenvalue weighted by atomic mass is 32.2. The van der Waals surface area contributed by atoms with Crippen molar-refractivity contribution < 1.29 is 8.42 Å². The van der Waals surface area contributed by atoms with Gasteiger partial charge in [0.1, 0.15) is 0 Å². The van der Waals surface area contributed by atoms with Crippen LogP contribution in [-0.2, 0) is 9.84 Å². The molecule has 0 radical (unpaired) electrons. The van der Waals surface area contributed by atoms with Gasteiger partial charge in [-0.25, -0.2) is 8.42 Å². The van der Waals surface area contributed by atoms with Crippen LogP contribution in [0.1, 0.15) is 28.8 Å². The number of rotatable bonds is 5. The van der Waals surface area contributed by atoms with Crippen LogP contribution in [0.5, 0.6) is 0 Å². The molecule has 0 aliphatic heterocycles. The van der Waals surface area contributed by atoms with E-state index in [1.54, 1.807) is 48.5 Å². The van der Waals surface area contributed by atoms with Crippen LogP contribution in [0.25, 0.3) is 0 Å². The minimum Gasteiger partial charge on any atom is -0.322 e. The average Bonchev–Trinajstić information content (AvgIpc) is 2.68. The lowest BCUT2D eigenvalue weighted by Crippen LogP contribution is -2.26. The second-order valence-electron chi connectivity index (χ2n) is 6.35. The quantitative estimate of drug-likeness (QED) is 0.723. The third-order valence-electron chi connectivity index (χ3n) is 4.48. The summed E-state index contributed by atoms with van der Waals surface area (Å²) < 4.78 is 25.5. The summed E-state index contributed by atoms with van der Waals surface area (Å²) in [4.78, 5) is 0.520. The van der Waals surface area contributed by atoms with Gasteiger partial charge in [-0.2, -0.15) is 0 Å². The van der Waals surface area contributed by atoms with Gasteiger partial charge in [-0.05, 0) is 42.3 Å². The standard InChI is InChI=1S/C21H22N2O2S/c1-15-7-11-18(12-8-15)26(24,25)19-13-9-17(10-14-19)21(23)20(22)16-5-3-2-4-6-16/h2-14,20-21H,22-23H2,1H3/t20-,21-/m0/s1. The molecule has 4 nitrogen and oxygen atoms in total. The summed E-state index contributed by atoms with van der Waals surface area (Å²) in [5.41, 5.74) is 15.3. The maximum Gasteiger partial charge on any atom is 0.206 e. The number of nitrogens with two attached hydrogens (primary N) is 2. The molecular formula is C21H22N2O2S. The van der Waals surface area contributed by atoms with Gasteiger partial charge in [-0.3, -0.25) is 0 Å². The van der Waals surface area contributed by atoms with Gasteiger partial charge in [-0.1, -0.05) is 60.2 Å². The Morgan fingerprint density at radius 2 is 1.08 bits per heavy atom. The molecule has 2 atom stereocenters. The monoisotopic (exact) mass is 366 g/mol. The van der Waals surface area contributed by atoms with Crippen LogP contribution >= 0.6 is 0 Å². The second-order valence-corrected chi connectivity index (χ2v) is 8.30. The van der Waals surface area contributed by atoms with Crippen LogP contribution in [0.2, 0.25) is 0 Å². The molecule has 0 aliphatic carbocycles. The summed E-state index contributed by atoms with van der Waals surface area (Å²) in [5.74, 6) is 0. The van der Waals surface area contributed by atoms with Crippen LogP contribution in [0.4, 0.5) is 0 Å². The number of sulfone groups is 1. The Kier molecular flexibility index (Phi) is 5.23. The van der Waals surface area contributed by atoms with Crippen molar-refractivity contribution in [3.05, 3.63) is 95.6 Å². The molecule has 26 heavy (non-hydrogen) atoms. The van der Waals surface area contributed by atoms with Gasteiger partial charge in [0.25, 0.3) is 0 Å². The van der Waals surface area contributed by atoms with Crippen LogP contribution in [0, 0.1) is 6.92 Å². The van der Waals surface area contributed by atoms with Crippen LogP contribution in [-0.4, -0.2) is 8.42 Å². The molecule has 0 bridgehead atoms. The molecule has 0 saturated carbocycles. The molecule has 5 heteroatoms. The van der Waals surface area contributed by atoms with Gasteiger partial charge in [0.15, 0.2) is 0 Å². The Balaban J connectivity index is 1.85. The summed E-state index contributed by atoms with van der Waals surface area (Å²) in [6, 6.07) is 22.3. The van der Waals surface area contributed by atoms with E-state index in [1.807, 2.05) is 37.3 Å². The fourth-order valence-electron chi connectivity index (χ4n) is 2.81. The maximum atomic E-state index is 12.7. The fraction of sp³-hybridized carbons (Fsp3) is 0.143. The van der Waals surface area contributed by atoms with E-state index in [0.717, 1.165) is 16.7 Å².